The summed E-state index contributed by atoms with van der Waals surface area (Å²) in [7, 11) is 4.19. The van der Waals surface area contributed by atoms with Crippen molar-refractivity contribution in [3.05, 3.63) is 227 Å². The van der Waals surface area contributed by atoms with Gasteiger partial charge in [-0.05, 0) is 201 Å². The third-order valence-corrected chi connectivity index (χ3v) is 15.0. The molecule has 0 aromatic heterocycles. The van der Waals surface area contributed by atoms with E-state index in [2.05, 4.69) is 130 Å². The second-order valence-electron chi connectivity index (χ2n) is 20.3. The van der Waals surface area contributed by atoms with Gasteiger partial charge in [0.25, 0.3) is 0 Å². The Hall–Kier alpha value is -9.41. The molecular weight excluding hydrogens is 937 g/mol. The molecule has 8 aromatic carbocycles. The number of nitrogens with zero attached hydrogens (tertiary/aromatic N) is 2. The first-order chi connectivity index (χ1) is 35.8. The van der Waals surface area contributed by atoms with Crippen molar-refractivity contribution in [1.29, 1.82) is 0 Å². The summed E-state index contributed by atoms with van der Waals surface area (Å²) in [5.74, 6) is -3.98. The molecule has 370 valence electrons. The molecule has 8 aromatic rings. The fourth-order valence-electron chi connectivity index (χ4n) is 10.7. The molecule has 10 nitrogen and oxygen atoms in total. The SMILES string of the molecule is CN1C(=CC=CC2=[N+](C)c3ccc(-c4cc(-c5ccc(C(=O)O)cc5)cc(-c5ccc(C(=O)O)cc5)c4)cc3C2(C)C)C(C)(C)c2cc(-c3cc(-c4ccc(C(=O)O)cc4)cc(-c4ccc(C(=O)O)cc4)c3)ccc21. The van der Waals surface area contributed by atoms with Gasteiger partial charge < -0.3 is 25.3 Å². The van der Waals surface area contributed by atoms with Crippen molar-refractivity contribution in [2.45, 2.75) is 38.5 Å². The first-order valence-electron chi connectivity index (χ1n) is 24.5. The van der Waals surface area contributed by atoms with Gasteiger partial charge in [-0.15, -0.1) is 0 Å². The van der Waals surface area contributed by atoms with Gasteiger partial charge in [-0.1, -0.05) is 74.5 Å². The van der Waals surface area contributed by atoms with Gasteiger partial charge in [0, 0.05) is 41.6 Å². The van der Waals surface area contributed by atoms with E-state index in [1.807, 2.05) is 60.7 Å². The quantitative estimate of drug-likeness (QED) is 0.0875. The molecule has 2 heterocycles. The van der Waals surface area contributed by atoms with Crippen LogP contribution >= 0.6 is 0 Å². The Morgan fingerprint density at radius 1 is 0.413 bits per heavy atom. The summed E-state index contributed by atoms with van der Waals surface area (Å²) in [4.78, 5) is 49.0. The average Bonchev–Trinajstić information content (AvgIpc) is 3.73. The minimum absolute atomic E-state index is 0.199. The molecule has 0 fully saturated rings. The largest absolute Gasteiger partial charge is 0.478 e. The van der Waals surface area contributed by atoms with Crippen molar-refractivity contribution < 1.29 is 44.2 Å². The minimum Gasteiger partial charge on any atom is -0.478 e. The van der Waals surface area contributed by atoms with Crippen LogP contribution in [-0.4, -0.2) is 68.7 Å². The first-order valence-corrected chi connectivity index (χ1v) is 24.5. The summed E-state index contributed by atoms with van der Waals surface area (Å²) in [6.45, 7) is 8.95. The zero-order valence-corrected chi connectivity index (χ0v) is 42.2. The second-order valence-corrected chi connectivity index (χ2v) is 20.3. The van der Waals surface area contributed by atoms with Crippen molar-refractivity contribution in [2.75, 3.05) is 19.0 Å². The number of fused-ring (bicyclic) bond motifs is 2. The maximum absolute atomic E-state index is 11.7. The molecule has 75 heavy (non-hydrogen) atoms. The topological polar surface area (TPSA) is 155 Å². The van der Waals surface area contributed by atoms with E-state index in [0.717, 1.165) is 89.5 Å². The standard InChI is InChI=1S/C65H52N2O8/c1-64(2)54-36-46(52-32-48(38-10-18-42(19-11-38)60(68)69)30-49(33-52)39-12-20-43(21-13-39)61(70)71)26-28-56(54)66(5)58(64)8-7-9-59-65(3,4)55-37-47(27-29-57(55)67(59)6)53-34-50(40-14-22-44(23-15-40)62(72)73)31-51(35-53)41-16-24-45(25-17-41)63(74)75/h7-37H,1-6H3,(H3-,68,69,70,71,72,73,74,75)/p+1. The Morgan fingerprint density at radius 2 is 0.733 bits per heavy atom. The Kier molecular flexibility index (Phi) is 12.4. The number of benzene rings is 8. The van der Waals surface area contributed by atoms with Gasteiger partial charge in [0.1, 0.15) is 7.05 Å². The zero-order chi connectivity index (χ0) is 53.1. The van der Waals surface area contributed by atoms with Crippen LogP contribution in [0.25, 0.3) is 66.8 Å². The lowest BCUT2D eigenvalue weighted by molar-refractivity contribution is -0.401. The molecule has 10 heteroatoms. The molecule has 0 bridgehead atoms. The maximum atomic E-state index is 11.7. The minimum atomic E-state index is -0.996. The van der Waals surface area contributed by atoms with Crippen molar-refractivity contribution in [1.82, 2.24) is 0 Å². The van der Waals surface area contributed by atoms with Crippen LogP contribution in [0.3, 0.4) is 0 Å². The van der Waals surface area contributed by atoms with E-state index in [9.17, 15) is 39.6 Å². The number of aromatic carboxylic acids is 4. The van der Waals surface area contributed by atoms with E-state index < -0.39 is 23.9 Å². The predicted octanol–water partition coefficient (Wildman–Crippen LogP) is 14.4. The van der Waals surface area contributed by atoms with E-state index in [-0.39, 0.29) is 33.1 Å². The number of allylic oxidation sites excluding steroid dienone is 4. The van der Waals surface area contributed by atoms with Gasteiger partial charge in [-0.2, -0.15) is 4.58 Å². The number of anilines is 1. The Balaban J connectivity index is 0.955. The number of hydrogen-bond acceptors (Lipinski definition) is 5. The van der Waals surface area contributed by atoms with Gasteiger partial charge >= 0.3 is 23.9 Å². The summed E-state index contributed by atoms with van der Waals surface area (Å²) in [5, 5.41) is 38.3. The molecule has 0 saturated heterocycles. The molecule has 10 rings (SSSR count). The van der Waals surface area contributed by atoms with Crippen LogP contribution in [0.2, 0.25) is 0 Å². The van der Waals surface area contributed by atoms with Gasteiger partial charge in [0.2, 0.25) is 5.69 Å². The number of rotatable bonds is 12. The maximum Gasteiger partial charge on any atom is 0.335 e. The highest BCUT2D eigenvalue weighted by molar-refractivity contribution is 6.04. The van der Waals surface area contributed by atoms with Gasteiger partial charge in [0.05, 0.1) is 27.7 Å². The Morgan fingerprint density at radius 3 is 1.09 bits per heavy atom. The zero-order valence-electron chi connectivity index (χ0n) is 42.2. The molecule has 0 unspecified atom stereocenters. The number of carboxylic acid groups (broad SMARTS) is 4. The summed E-state index contributed by atoms with van der Waals surface area (Å²) in [6, 6.07) is 52.9. The van der Waals surface area contributed by atoms with E-state index >= 15 is 0 Å². The third kappa shape index (κ3) is 9.12. The monoisotopic (exact) mass is 989 g/mol. The summed E-state index contributed by atoms with van der Waals surface area (Å²) >= 11 is 0. The van der Waals surface area contributed by atoms with Crippen LogP contribution in [0.15, 0.2) is 194 Å². The number of likely N-dealkylation sites (N-methyl/N-ethyl adjacent to an activating group) is 1. The lowest BCUT2D eigenvalue weighted by Gasteiger charge is -2.24. The lowest BCUT2D eigenvalue weighted by atomic mass is 9.80. The molecule has 2 aliphatic heterocycles. The normalized spacial score (nSPS) is 14.8. The molecule has 0 radical (unpaired) electrons. The fraction of sp³-hybridized carbons (Fsp3) is 0.123. The molecule has 0 spiro atoms. The third-order valence-electron chi connectivity index (χ3n) is 15.0. The van der Waals surface area contributed by atoms with E-state index in [1.54, 1.807) is 48.5 Å². The second kappa shape index (κ2) is 18.9. The Labute approximate surface area is 434 Å². The van der Waals surface area contributed by atoms with Gasteiger partial charge in [-0.25, -0.2) is 19.2 Å². The highest BCUT2D eigenvalue weighted by Gasteiger charge is 2.43. The van der Waals surface area contributed by atoms with E-state index in [4.69, 9.17) is 0 Å². The molecule has 0 amide bonds. The first kappa shape index (κ1) is 49.2. The van der Waals surface area contributed by atoms with E-state index in [0.29, 0.717) is 0 Å². The predicted molar refractivity (Wildman–Crippen MR) is 296 cm³/mol. The summed E-state index contributed by atoms with van der Waals surface area (Å²) in [6.07, 6.45) is 6.54. The van der Waals surface area contributed by atoms with Crippen LogP contribution in [0, 0.1) is 0 Å². The van der Waals surface area contributed by atoms with E-state index in [1.165, 1.54) is 11.1 Å². The number of carbonyl (C=O) groups is 4. The van der Waals surface area contributed by atoms with Crippen molar-refractivity contribution in [3.8, 4) is 66.8 Å². The lowest BCUT2D eigenvalue weighted by Crippen LogP contribution is -2.26. The molecule has 0 saturated carbocycles. The van der Waals surface area contributed by atoms with Crippen LogP contribution in [-0.2, 0) is 10.8 Å². The van der Waals surface area contributed by atoms with Crippen LogP contribution < -0.4 is 4.90 Å². The molecule has 4 N–H and O–H groups in total. The Bertz CT molecular complexity index is 3620. The smallest absolute Gasteiger partial charge is 0.335 e. The molecule has 2 aliphatic rings. The van der Waals surface area contributed by atoms with Crippen molar-refractivity contribution in [3.63, 3.8) is 0 Å². The molecular formula is C65H53N2O8+. The highest BCUT2D eigenvalue weighted by Crippen LogP contribution is 2.49. The van der Waals surface area contributed by atoms with Crippen molar-refractivity contribution >= 4 is 41.0 Å². The van der Waals surface area contributed by atoms with Crippen LogP contribution in [0.4, 0.5) is 11.4 Å². The van der Waals surface area contributed by atoms with Crippen molar-refractivity contribution in [2.24, 2.45) is 0 Å². The van der Waals surface area contributed by atoms with Crippen LogP contribution in [0.5, 0.6) is 0 Å². The van der Waals surface area contributed by atoms with Crippen LogP contribution in [0.1, 0.15) is 80.3 Å². The highest BCUT2D eigenvalue weighted by atomic mass is 16.4. The summed E-state index contributed by atoms with van der Waals surface area (Å²) < 4.78 is 2.25. The number of hydrogen-bond donors (Lipinski definition) is 4. The van der Waals surface area contributed by atoms with Gasteiger partial charge in [0.15, 0.2) is 5.71 Å². The van der Waals surface area contributed by atoms with Gasteiger partial charge in [-0.3, -0.25) is 0 Å². The average molecular weight is 990 g/mol. The molecule has 0 aliphatic carbocycles. The fourth-order valence-corrected chi connectivity index (χ4v) is 10.7. The summed E-state index contributed by atoms with van der Waals surface area (Å²) in [5.41, 5.74) is 17.8. The molecule has 0 atom stereocenters. The number of carboxylic acids is 4.